The highest BCUT2D eigenvalue weighted by atomic mass is 16.1. The predicted octanol–water partition coefficient (Wildman–Crippen LogP) is 3.14. The summed E-state index contributed by atoms with van der Waals surface area (Å²) in [5, 5.41) is 6.31. The number of benzene rings is 1. The number of nitrogens with one attached hydrogen (secondary N) is 2. The maximum absolute atomic E-state index is 11.8. The average molecular weight is 288 g/mol. The van der Waals surface area contributed by atoms with Crippen LogP contribution in [0, 0.1) is 0 Å². The quantitative estimate of drug-likeness (QED) is 0.791. The molecule has 1 saturated carbocycles. The molecule has 0 spiro atoms. The lowest BCUT2D eigenvalue weighted by molar-refractivity contribution is -0.121. The van der Waals surface area contributed by atoms with E-state index in [1.807, 2.05) is 12.1 Å². The molecular weight excluding hydrogens is 264 g/mol. The molecule has 1 fully saturated rings. The first-order valence-corrected chi connectivity index (χ1v) is 7.79. The van der Waals surface area contributed by atoms with Gasteiger partial charge in [0.1, 0.15) is 0 Å². The minimum Gasteiger partial charge on any atom is -0.385 e. The van der Waals surface area contributed by atoms with E-state index in [2.05, 4.69) is 10.6 Å². The third-order valence-electron chi connectivity index (χ3n) is 3.94. The highest BCUT2D eigenvalue weighted by Gasteiger charge is 2.15. The summed E-state index contributed by atoms with van der Waals surface area (Å²) in [7, 11) is 0. The lowest BCUT2D eigenvalue weighted by Crippen LogP contribution is -2.36. The van der Waals surface area contributed by atoms with E-state index in [4.69, 9.17) is 0 Å². The fraction of sp³-hybridized carbons (Fsp3) is 0.529. The van der Waals surface area contributed by atoms with Gasteiger partial charge in [-0.1, -0.05) is 19.3 Å². The van der Waals surface area contributed by atoms with Crippen LogP contribution in [0.5, 0.6) is 0 Å². The minimum absolute atomic E-state index is 0.0633. The Balaban J connectivity index is 1.68. The minimum atomic E-state index is 0.0633. The van der Waals surface area contributed by atoms with E-state index >= 15 is 0 Å². The Bertz CT molecular complexity index is 476. The first kappa shape index (κ1) is 15.5. The molecule has 1 aliphatic rings. The van der Waals surface area contributed by atoms with Crippen molar-refractivity contribution in [1.29, 1.82) is 0 Å². The molecule has 2 N–H and O–H groups in total. The van der Waals surface area contributed by atoms with Crippen LogP contribution >= 0.6 is 0 Å². The molecule has 1 aliphatic carbocycles. The van der Waals surface area contributed by atoms with E-state index < -0.39 is 0 Å². The Kier molecular flexibility index (Phi) is 5.78. The van der Waals surface area contributed by atoms with Gasteiger partial charge in [0.2, 0.25) is 5.91 Å². The first-order valence-electron chi connectivity index (χ1n) is 7.79. The molecule has 0 atom stereocenters. The van der Waals surface area contributed by atoms with Crippen molar-refractivity contribution in [3.63, 3.8) is 0 Å². The van der Waals surface area contributed by atoms with Gasteiger partial charge in [0.25, 0.3) is 0 Å². The Morgan fingerprint density at radius 3 is 2.38 bits per heavy atom. The fourth-order valence-corrected chi connectivity index (χ4v) is 2.69. The summed E-state index contributed by atoms with van der Waals surface area (Å²) in [4.78, 5) is 23.0. The Morgan fingerprint density at radius 2 is 1.76 bits per heavy atom. The van der Waals surface area contributed by atoms with E-state index in [9.17, 15) is 9.59 Å². The van der Waals surface area contributed by atoms with Gasteiger partial charge < -0.3 is 10.6 Å². The van der Waals surface area contributed by atoms with Gasteiger partial charge in [0.05, 0.1) is 0 Å². The van der Waals surface area contributed by atoms with E-state index in [1.165, 1.54) is 19.3 Å². The summed E-state index contributed by atoms with van der Waals surface area (Å²) in [5.41, 5.74) is 1.64. The van der Waals surface area contributed by atoms with Crippen LogP contribution in [0.4, 0.5) is 5.69 Å². The van der Waals surface area contributed by atoms with Crippen LogP contribution in [0.25, 0.3) is 0 Å². The normalized spacial score (nSPS) is 15.5. The number of amides is 1. The van der Waals surface area contributed by atoms with Gasteiger partial charge in [0.15, 0.2) is 5.78 Å². The zero-order valence-corrected chi connectivity index (χ0v) is 12.7. The first-order chi connectivity index (χ1) is 10.1. The zero-order chi connectivity index (χ0) is 15.1. The van der Waals surface area contributed by atoms with Gasteiger partial charge in [-0.3, -0.25) is 9.59 Å². The van der Waals surface area contributed by atoms with Gasteiger partial charge in [0, 0.05) is 30.3 Å². The second kappa shape index (κ2) is 7.81. The lowest BCUT2D eigenvalue weighted by Gasteiger charge is -2.22. The fourth-order valence-electron chi connectivity index (χ4n) is 2.69. The summed E-state index contributed by atoms with van der Waals surface area (Å²) in [6, 6.07) is 7.71. The SMILES string of the molecule is CC(=O)c1ccc(NCCC(=O)NC2CCCCC2)cc1. The molecule has 21 heavy (non-hydrogen) atoms. The topological polar surface area (TPSA) is 58.2 Å². The van der Waals surface area contributed by atoms with Crippen LogP contribution in [-0.2, 0) is 4.79 Å². The van der Waals surface area contributed by atoms with Crippen molar-refractivity contribution >= 4 is 17.4 Å². The van der Waals surface area contributed by atoms with Crippen LogP contribution < -0.4 is 10.6 Å². The summed E-state index contributed by atoms with van der Waals surface area (Å²) in [6.07, 6.45) is 6.46. The molecule has 0 aromatic heterocycles. The summed E-state index contributed by atoms with van der Waals surface area (Å²) in [6.45, 7) is 2.16. The van der Waals surface area contributed by atoms with Crippen molar-refractivity contribution in [2.24, 2.45) is 0 Å². The number of ketones is 1. The van der Waals surface area contributed by atoms with Crippen LogP contribution in [0.1, 0.15) is 55.8 Å². The zero-order valence-electron chi connectivity index (χ0n) is 12.7. The lowest BCUT2D eigenvalue weighted by atomic mass is 9.95. The predicted molar refractivity (Wildman–Crippen MR) is 84.6 cm³/mol. The van der Waals surface area contributed by atoms with E-state index in [0.29, 0.717) is 24.6 Å². The number of rotatable bonds is 6. The van der Waals surface area contributed by atoms with Crippen molar-refractivity contribution in [3.05, 3.63) is 29.8 Å². The molecule has 4 nitrogen and oxygen atoms in total. The van der Waals surface area contributed by atoms with E-state index in [-0.39, 0.29) is 11.7 Å². The third-order valence-corrected chi connectivity index (χ3v) is 3.94. The average Bonchev–Trinajstić information content (AvgIpc) is 2.49. The molecule has 1 aromatic rings. The number of carbonyl (C=O) groups is 2. The van der Waals surface area contributed by atoms with Gasteiger partial charge in [-0.2, -0.15) is 0 Å². The smallest absolute Gasteiger partial charge is 0.221 e. The molecule has 4 heteroatoms. The molecule has 0 unspecified atom stereocenters. The van der Waals surface area contributed by atoms with Gasteiger partial charge in [-0.15, -0.1) is 0 Å². The molecule has 0 heterocycles. The number of Topliss-reactive ketones (excluding diaryl/α,β-unsaturated/α-hetero) is 1. The summed E-state index contributed by atoms with van der Waals surface area (Å²) >= 11 is 0. The number of anilines is 1. The molecule has 0 aliphatic heterocycles. The molecular formula is C17H24N2O2. The van der Waals surface area contributed by atoms with Crippen LogP contribution in [0.3, 0.4) is 0 Å². The van der Waals surface area contributed by atoms with E-state index in [1.54, 1.807) is 19.1 Å². The van der Waals surface area contributed by atoms with E-state index in [0.717, 1.165) is 18.5 Å². The van der Waals surface area contributed by atoms with Crippen molar-refractivity contribution < 1.29 is 9.59 Å². The molecule has 1 amide bonds. The third kappa shape index (κ3) is 5.21. The summed E-state index contributed by atoms with van der Waals surface area (Å²) in [5.74, 6) is 0.183. The van der Waals surface area contributed by atoms with Crippen molar-refractivity contribution in [3.8, 4) is 0 Å². The molecule has 2 rings (SSSR count). The van der Waals surface area contributed by atoms with Crippen LogP contribution in [0.2, 0.25) is 0 Å². The maximum Gasteiger partial charge on any atom is 0.221 e. The monoisotopic (exact) mass is 288 g/mol. The maximum atomic E-state index is 11.8. The second-order valence-corrected chi connectivity index (χ2v) is 5.71. The van der Waals surface area contributed by atoms with Crippen molar-refractivity contribution in [2.45, 2.75) is 51.5 Å². The Morgan fingerprint density at radius 1 is 1.10 bits per heavy atom. The van der Waals surface area contributed by atoms with Gasteiger partial charge in [-0.25, -0.2) is 0 Å². The molecule has 0 radical (unpaired) electrons. The highest BCUT2D eigenvalue weighted by molar-refractivity contribution is 5.94. The number of hydrogen-bond acceptors (Lipinski definition) is 3. The van der Waals surface area contributed by atoms with Crippen molar-refractivity contribution in [1.82, 2.24) is 5.32 Å². The number of carbonyl (C=O) groups excluding carboxylic acids is 2. The van der Waals surface area contributed by atoms with Gasteiger partial charge >= 0.3 is 0 Å². The second-order valence-electron chi connectivity index (χ2n) is 5.71. The van der Waals surface area contributed by atoms with Crippen LogP contribution in [0.15, 0.2) is 24.3 Å². The highest BCUT2D eigenvalue weighted by Crippen LogP contribution is 2.17. The molecule has 0 saturated heterocycles. The standard InChI is InChI=1S/C17H24N2O2/c1-13(20)14-7-9-15(10-8-14)18-12-11-17(21)19-16-5-3-2-4-6-16/h7-10,16,18H,2-6,11-12H2,1H3,(H,19,21). The van der Waals surface area contributed by atoms with Crippen molar-refractivity contribution in [2.75, 3.05) is 11.9 Å². The molecule has 0 bridgehead atoms. The number of hydrogen-bond donors (Lipinski definition) is 2. The molecule has 114 valence electrons. The van der Waals surface area contributed by atoms with Crippen LogP contribution in [-0.4, -0.2) is 24.3 Å². The molecule has 1 aromatic carbocycles. The Labute approximate surface area is 126 Å². The van der Waals surface area contributed by atoms with Gasteiger partial charge in [-0.05, 0) is 44.0 Å². The summed E-state index contributed by atoms with van der Waals surface area (Å²) < 4.78 is 0. The largest absolute Gasteiger partial charge is 0.385 e. The Hall–Kier alpha value is -1.84.